The molecular weight excluding hydrogens is 374 g/mol. The van der Waals surface area contributed by atoms with Gasteiger partial charge >= 0.3 is 5.97 Å². The molecule has 2 rings (SSSR count). The van der Waals surface area contributed by atoms with Gasteiger partial charge in [0.25, 0.3) is 5.91 Å². The number of rotatable bonds is 7. The van der Waals surface area contributed by atoms with Gasteiger partial charge in [0.15, 0.2) is 0 Å². The lowest BCUT2D eigenvalue weighted by Gasteiger charge is -2.20. The summed E-state index contributed by atoms with van der Waals surface area (Å²) in [5.74, 6) is -0.412. The minimum absolute atomic E-state index is 0.121. The number of aromatic nitrogens is 2. The molecule has 1 amide bonds. The summed E-state index contributed by atoms with van der Waals surface area (Å²) in [5, 5.41) is 0. The number of hydrogen-bond donors (Lipinski definition) is 0. The van der Waals surface area contributed by atoms with Crippen LogP contribution in [-0.4, -0.2) is 45.9 Å². The molecule has 0 radical (unpaired) electrons. The lowest BCUT2D eigenvalue weighted by molar-refractivity contribution is -0.143. The third kappa shape index (κ3) is 3.95. The van der Waals surface area contributed by atoms with Crippen molar-refractivity contribution in [3.05, 3.63) is 34.2 Å². The molecule has 0 spiro atoms. The first kappa shape index (κ1) is 18.4. The molecule has 0 atom stereocenters. The predicted octanol–water partition coefficient (Wildman–Crippen LogP) is 3.07. The number of carbonyl (C=O) groups excluding carboxylic acids is 2. The average molecular weight is 396 g/mol. The molecule has 24 heavy (non-hydrogen) atoms. The Morgan fingerprint density at radius 3 is 2.67 bits per heavy atom. The number of amides is 1. The number of ether oxygens (including phenoxy) is 1. The summed E-state index contributed by atoms with van der Waals surface area (Å²) in [5.41, 5.74) is 2.05. The number of esters is 1. The molecule has 2 aromatic rings. The highest BCUT2D eigenvalue weighted by molar-refractivity contribution is 9.10. The number of pyridine rings is 1. The van der Waals surface area contributed by atoms with E-state index in [1.165, 1.54) is 0 Å². The van der Waals surface area contributed by atoms with Gasteiger partial charge in [0.2, 0.25) is 0 Å². The van der Waals surface area contributed by atoms with Crippen LogP contribution in [0.15, 0.2) is 22.8 Å². The number of aryl methyl sites for hydroxylation is 1. The SMILES string of the molecule is CCOC(=O)CCN(CC)C(=O)c1c(CC)nc2ccc(Br)cn12. The monoisotopic (exact) mass is 395 g/mol. The van der Waals surface area contributed by atoms with Gasteiger partial charge in [-0.2, -0.15) is 0 Å². The first-order valence-corrected chi connectivity index (χ1v) is 8.92. The number of hydrogen-bond acceptors (Lipinski definition) is 4. The standard InChI is InChI=1S/C17H22BrN3O3/c1-4-13-16(21-11-12(18)7-8-14(21)19-13)17(23)20(5-2)10-9-15(22)24-6-3/h7-8,11H,4-6,9-10H2,1-3H3. The fourth-order valence-corrected chi connectivity index (χ4v) is 2.89. The van der Waals surface area contributed by atoms with Crippen LogP contribution in [0.5, 0.6) is 0 Å². The molecule has 0 bridgehead atoms. The van der Waals surface area contributed by atoms with Crippen LogP contribution < -0.4 is 0 Å². The first-order chi connectivity index (χ1) is 11.5. The van der Waals surface area contributed by atoms with Gasteiger partial charge in [0.05, 0.1) is 18.7 Å². The van der Waals surface area contributed by atoms with E-state index < -0.39 is 0 Å². The Bertz CT molecular complexity index is 742. The van der Waals surface area contributed by atoms with Crippen molar-refractivity contribution in [2.75, 3.05) is 19.7 Å². The second-order valence-corrected chi connectivity index (χ2v) is 6.19. The van der Waals surface area contributed by atoms with Gasteiger partial charge in [0, 0.05) is 23.8 Å². The summed E-state index contributed by atoms with van der Waals surface area (Å²) in [6, 6.07) is 3.77. The van der Waals surface area contributed by atoms with E-state index in [-0.39, 0.29) is 18.3 Å². The quantitative estimate of drug-likeness (QED) is 0.675. The van der Waals surface area contributed by atoms with Crippen molar-refractivity contribution in [3.8, 4) is 0 Å². The van der Waals surface area contributed by atoms with Crippen LogP contribution in [-0.2, 0) is 16.0 Å². The minimum atomic E-state index is -0.291. The van der Waals surface area contributed by atoms with E-state index in [9.17, 15) is 9.59 Å². The molecule has 0 aliphatic carbocycles. The fourth-order valence-electron chi connectivity index (χ4n) is 2.55. The number of fused-ring (bicyclic) bond motifs is 1. The van der Waals surface area contributed by atoms with Crippen LogP contribution in [0.25, 0.3) is 5.65 Å². The van der Waals surface area contributed by atoms with E-state index in [1.807, 2.05) is 32.2 Å². The van der Waals surface area contributed by atoms with Crippen molar-refractivity contribution in [2.24, 2.45) is 0 Å². The average Bonchev–Trinajstić information content (AvgIpc) is 2.93. The minimum Gasteiger partial charge on any atom is -0.466 e. The molecule has 7 heteroatoms. The molecular formula is C17H22BrN3O3. The zero-order valence-corrected chi connectivity index (χ0v) is 15.8. The van der Waals surface area contributed by atoms with Crippen molar-refractivity contribution in [2.45, 2.75) is 33.6 Å². The molecule has 6 nitrogen and oxygen atoms in total. The van der Waals surface area contributed by atoms with Crippen molar-refractivity contribution in [1.29, 1.82) is 0 Å². The molecule has 0 saturated carbocycles. The van der Waals surface area contributed by atoms with E-state index in [2.05, 4.69) is 20.9 Å². The van der Waals surface area contributed by atoms with Crippen LogP contribution in [0.4, 0.5) is 0 Å². The predicted molar refractivity (Wildman–Crippen MR) is 95.1 cm³/mol. The Hall–Kier alpha value is -1.89. The highest BCUT2D eigenvalue weighted by atomic mass is 79.9. The first-order valence-electron chi connectivity index (χ1n) is 8.13. The van der Waals surface area contributed by atoms with E-state index >= 15 is 0 Å². The Morgan fingerprint density at radius 2 is 2.04 bits per heavy atom. The lowest BCUT2D eigenvalue weighted by Crippen LogP contribution is -2.34. The Morgan fingerprint density at radius 1 is 1.29 bits per heavy atom. The van der Waals surface area contributed by atoms with Crippen molar-refractivity contribution in [3.63, 3.8) is 0 Å². The number of carbonyl (C=O) groups is 2. The zero-order chi connectivity index (χ0) is 17.7. The van der Waals surface area contributed by atoms with Gasteiger partial charge in [-0.3, -0.25) is 14.0 Å². The number of nitrogens with zero attached hydrogens (tertiary/aromatic N) is 3. The van der Waals surface area contributed by atoms with Gasteiger partial charge in [-0.15, -0.1) is 0 Å². The number of halogens is 1. The van der Waals surface area contributed by atoms with Gasteiger partial charge < -0.3 is 9.64 Å². The summed E-state index contributed by atoms with van der Waals surface area (Å²) in [6.07, 6.45) is 2.69. The zero-order valence-electron chi connectivity index (χ0n) is 14.2. The van der Waals surface area contributed by atoms with Gasteiger partial charge in [-0.25, -0.2) is 4.98 Å². The summed E-state index contributed by atoms with van der Waals surface area (Å²) < 4.78 is 7.62. The van der Waals surface area contributed by atoms with E-state index in [4.69, 9.17) is 4.74 Å². The maximum atomic E-state index is 13.0. The molecule has 2 heterocycles. The second kappa shape index (κ2) is 8.28. The Kier molecular flexibility index (Phi) is 6.36. The summed E-state index contributed by atoms with van der Waals surface area (Å²) in [4.78, 5) is 30.8. The van der Waals surface area contributed by atoms with Crippen molar-refractivity contribution in [1.82, 2.24) is 14.3 Å². The van der Waals surface area contributed by atoms with Crippen LogP contribution in [0.2, 0.25) is 0 Å². The fraction of sp³-hybridized carbons (Fsp3) is 0.471. The normalized spacial score (nSPS) is 10.8. The smallest absolute Gasteiger partial charge is 0.307 e. The maximum absolute atomic E-state index is 13.0. The molecule has 0 aliphatic rings. The van der Waals surface area contributed by atoms with E-state index in [1.54, 1.807) is 16.2 Å². The van der Waals surface area contributed by atoms with E-state index in [0.717, 1.165) is 15.8 Å². The molecule has 0 fully saturated rings. The van der Waals surface area contributed by atoms with Crippen molar-refractivity contribution >= 4 is 33.5 Å². The highest BCUT2D eigenvalue weighted by Gasteiger charge is 2.23. The maximum Gasteiger partial charge on any atom is 0.307 e. The molecule has 130 valence electrons. The summed E-state index contributed by atoms with van der Waals surface area (Å²) in [7, 11) is 0. The molecule has 0 unspecified atom stereocenters. The summed E-state index contributed by atoms with van der Waals surface area (Å²) in [6.45, 7) is 6.84. The third-order valence-corrected chi connectivity index (χ3v) is 4.22. The Balaban J connectivity index is 2.31. The second-order valence-electron chi connectivity index (χ2n) is 5.28. The molecule has 2 aromatic heterocycles. The van der Waals surface area contributed by atoms with Gasteiger partial charge in [-0.05, 0) is 48.3 Å². The highest BCUT2D eigenvalue weighted by Crippen LogP contribution is 2.19. The lowest BCUT2D eigenvalue weighted by atomic mass is 10.2. The van der Waals surface area contributed by atoms with Crippen LogP contribution in [0.1, 0.15) is 43.4 Å². The van der Waals surface area contributed by atoms with Gasteiger partial charge in [0.1, 0.15) is 11.3 Å². The topological polar surface area (TPSA) is 63.9 Å². The van der Waals surface area contributed by atoms with E-state index in [0.29, 0.717) is 31.8 Å². The molecule has 0 aliphatic heterocycles. The molecule has 0 N–H and O–H groups in total. The largest absolute Gasteiger partial charge is 0.466 e. The number of imidazole rings is 1. The van der Waals surface area contributed by atoms with Crippen LogP contribution >= 0.6 is 15.9 Å². The van der Waals surface area contributed by atoms with Crippen LogP contribution in [0.3, 0.4) is 0 Å². The van der Waals surface area contributed by atoms with Crippen LogP contribution in [0, 0.1) is 0 Å². The summed E-state index contributed by atoms with van der Waals surface area (Å²) >= 11 is 3.43. The molecule has 0 aromatic carbocycles. The molecule has 0 saturated heterocycles. The van der Waals surface area contributed by atoms with Crippen molar-refractivity contribution < 1.29 is 14.3 Å². The third-order valence-electron chi connectivity index (χ3n) is 3.75. The van der Waals surface area contributed by atoms with Gasteiger partial charge in [-0.1, -0.05) is 6.92 Å². The Labute approximate surface area is 149 Å².